The summed E-state index contributed by atoms with van der Waals surface area (Å²) in [5.41, 5.74) is 0. The van der Waals surface area contributed by atoms with Gasteiger partial charge in [0.2, 0.25) is 0 Å². The highest BCUT2D eigenvalue weighted by Gasteiger charge is 1.99. The second kappa shape index (κ2) is 10.5. The molecule has 0 aromatic rings. The summed E-state index contributed by atoms with van der Waals surface area (Å²) in [6.07, 6.45) is 16.5. The molecule has 0 unspecified atom stereocenters. The molecule has 17 heavy (non-hydrogen) atoms. The van der Waals surface area contributed by atoms with Crippen LogP contribution in [0, 0.1) is 0 Å². The third kappa shape index (κ3) is 9.08. The Morgan fingerprint density at radius 3 is 1.76 bits per heavy atom. The van der Waals surface area contributed by atoms with E-state index in [1.165, 1.54) is 57.8 Å². The summed E-state index contributed by atoms with van der Waals surface area (Å²) in [7, 11) is 0. The molecule has 98 valence electrons. The molecular formula is C15H27NO. The molecule has 0 aromatic carbocycles. The fourth-order valence-corrected chi connectivity index (χ4v) is 2.32. The van der Waals surface area contributed by atoms with Crippen molar-refractivity contribution in [1.29, 1.82) is 0 Å². The van der Waals surface area contributed by atoms with Gasteiger partial charge in [-0.05, 0) is 12.8 Å². The van der Waals surface area contributed by atoms with Crippen LogP contribution < -0.4 is 0 Å². The summed E-state index contributed by atoms with van der Waals surface area (Å²) < 4.78 is 0. The fourth-order valence-electron chi connectivity index (χ4n) is 2.32. The summed E-state index contributed by atoms with van der Waals surface area (Å²) in [4.78, 5) is 15.6. The maximum absolute atomic E-state index is 11.4. The lowest BCUT2D eigenvalue weighted by atomic mass is 10.0. The lowest BCUT2D eigenvalue weighted by Crippen LogP contribution is -2.00. The van der Waals surface area contributed by atoms with E-state index in [0.717, 1.165) is 19.4 Å². The number of nitrogens with zero attached hydrogens (tertiary/aromatic N) is 1. The summed E-state index contributed by atoms with van der Waals surface area (Å²) in [6.45, 7) is 0.839. The van der Waals surface area contributed by atoms with E-state index >= 15 is 0 Å². The van der Waals surface area contributed by atoms with Gasteiger partial charge in [-0.25, -0.2) is 0 Å². The Kier molecular flexibility index (Phi) is 8.89. The third-order valence-electron chi connectivity index (χ3n) is 3.45. The van der Waals surface area contributed by atoms with Crippen molar-refractivity contribution >= 4 is 12.0 Å². The monoisotopic (exact) mass is 237 g/mol. The number of hydrogen-bond donors (Lipinski definition) is 0. The van der Waals surface area contributed by atoms with Gasteiger partial charge in [-0.3, -0.25) is 9.79 Å². The van der Waals surface area contributed by atoms with Gasteiger partial charge in [0.25, 0.3) is 0 Å². The molecule has 0 spiro atoms. The van der Waals surface area contributed by atoms with Gasteiger partial charge in [0.15, 0.2) is 5.78 Å². The van der Waals surface area contributed by atoms with E-state index in [2.05, 4.69) is 4.99 Å². The largest absolute Gasteiger partial charge is 0.293 e. The van der Waals surface area contributed by atoms with Crippen molar-refractivity contribution in [2.45, 2.75) is 77.0 Å². The molecule has 1 aliphatic rings. The molecule has 0 fully saturated rings. The van der Waals surface area contributed by atoms with Crippen molar-refractivity contribution in [1.82, 2.24) is 0 Å². The lowest BCUT2D eigenvalue weighted by molar-refractivity contribution is -0.112. The smallest absolute Gasteiger partial charge is 0.173 e. The van der Waals surface area contributed by atoms with Crippen LogP contribution in [-0.4, -0.2) is 18.5 Å². The lowest BCUT2D eigenvalue weighted by Gasteiger charge is -2.03. The molecule has 2 heteroatoms. The number of aliphatic imine (C=N–C) groups is 1. The maximum Gasteiger partial charge on any atom is 0.173 e. The highest BCUT2D eigenvalue weighted by Crippen LogP contribution is 2.12. The van der Waals surface area contributed by atoms with Gasteiger partial charge < -0.3 is 0 Å². The summed E-state index contributed by atoms with van der Waals surface area (Å²) >= 11 is 0. The van der Waals surface area contributed by atoms with Gasteiger partial charge in [0.1, 0.15) is 0 Å². The van der Waals surface area contributed by atoms with E-state index in [9.17, 15) is 4.79 Å². The van der Waals surface area contributed by atoms with Crippen LogP contribution in [0.1, 0.15) is 77.0 Å². The summed E-state index contributed by atoms with van der Waals surface area (Å²) in [6, 6.07) is 0. The zero-order valence-corrected chi connectivity index (χ0v) is 11.1. The number of rotatable bonds is 0. The first kappa shape index (κ1) is 14.4. The molecule has 0 N–H and O–H groups in total. The van der Waals surface area contributed by atoms with E-state index in [0.29, 0.717) is 6.42 Å². The van der Waals surface area contributed by atoms with Gasteiger partial charge in [-0.2, -0.15) is 0 Å². The number of carbonyl (C=O) groups excluding carboxylic acids is 1. The van der Waals surface area contributed by atoms with Gasteiger partial charge in [0.05, 0.1) is 6.21 Å². The minimum atomic E-state index is 0.220. The molecule has 0 saturated carbocycles. The number of ketones is 1. The maximum atomic E-state index is 11.4. The van der Waals surface area contributed by atoms with Crippen LogP contribution in [0.25, 0.3) is 0 Å². The third-order valence-corrected chi connectivity index (χ3v) is 3.45. The van der Waals surface area contributed by atoms with Crippen LogP contribution in [0.2, 0.25) is 0 Å². The molecule has 1 rings (SSSR count). The number of hydrogen-bond acceptors (Lipinski definition) is 2. The zero-order valence-electron chi connectivity index (χ0n) is 11.1. The average molecular weight is 237 g/mol. The average Bonchev–Trinajstić information content (AvgIpc) is 2.32. The van der Waals surface area contributed by atoms with Crippen LogP contribution in [-0.2, 0) is 4.79 Å². The van der Waals surface area contributed by atoms with Crippen molar-refractivity contribution in [3.63, 3.8) is 0 Å². The summed E-state index contributed by atoms with van der Waals surface area (Å²) in [5, 5.41) is 0. The van der Waals surface area contributed by atoms with Gasteiger partial charge in [-0.15, -0.1) is 0 Å². The molecule has 0 radical (unpaired) electrons. The first-order valence-corrected chi connectivity index (χ1v) is 7.42. The van der Waals surface area contributed by atoms with Crippen molar-refractivity contribution in [3.05, 3.63) is 0 Å². The van der Waals surface area contributed by atoms with Crippen molar-refractivity contribution in [3.8, 4) is 0 Å². The fraction of sp³-hybridized carbons (Fsp3) is 0.867. The Balaban J connectivity index is 2.20. The number of Topliss-reactive ketones (excluding diaryl/α,β-unsaturated/α-hetero) is 1. The van der Waals surface area contributed by atoms with Crippen molar-refractivity contribution in [2.24, 2.45) is 4.99 Å². The van der Waals surface area contributed by atoms with Crippen LogP contribution in [0.5, 0.6) is 0 Å². The van der Waals surface area contributed by atoms with Crippen molar-refractivity contribution in [2.75, 3.05) is 6.54 Å². The molecule has 0 bridgehead atoms. The quantitative estimate of drug-likeness (QED) is 0.617. The predicted octanol–water partition coefficient (Wildman–Crippen LogP) is 4.32. The molecular weight excluding hydrogens is 210 g/mol. The van der Waals surface area contributed by atoms with E-state index < -0.39 is 0 Å². The molecule has 0 atom stereocenters. The molecule has 0 amide bonds. The minimum absolute atomic E-state index is 0.220. The highest BCUT2D eigenvalue weighted by molar-refractivity contribution is 6.27. The van der Waals surface area contributed by atoms with Gasteiger partial charge >= 0.3 is 0 Å². The SMILES string of the molecule is O=C1C=NCCCCCCCCCCCCC1. The Morgan fingerprint density at radius 1 is 0.706 bits per heavy atom. The van der Waals surface area contributed by atoms with Crippen LogP contribution in [0.15, 0.2) is 4.99 Å². The van der Waals surface area contributed by atoms with E-state index in [-0.39, 0.29) is 5.78 Å². The van der Waals surface area contributed by atoms with Crippen LogP contribution >= 0.6 is 0 Å². The Labute approximate surface area is 106 Å². The van der Waals surface area contributed by atoms with Crippen LogP contribution in [0.4, 0.5) is 0 Å². The molecule has 1 aliphatic heterocycles. The predicted molar refractivity (Wildman–Crippen MR) is 73.8 cm³/mol. The molecule has 0 saturated heterocycles. The summed E-state index contributed by atoms with van der Waals surface area (Å²) in [5.74, 6) is 0.220. The van der Waals surface area contributed by atoms with Crippen LogP contribution in [0.3, 0.4) is 0 Å². The first-order chi connectivity index (χ1) is 8.39. The molecule has 0 aliphatic carbocycles. The minimum Gasteiger partial charge on any atom is -0.293 e. The zero-order chi connectivity index (χ0) is 12.2. The highest BCUT2D eigenvalue weighted by atomic mass is 16.1. The second-order valence-electron chi connectivity index (χ2n) is 5.14. The Morgan fingerprint density at radius 2 is 1.18 bits per heavy atom. The molecule has 0 aromatic heterocycles. The van der Waals surface area contributed by atoms with Gasteiger partial charge in [-0.1, -0.05) is 57.8 Å². The van der Waals surface area contributed by atoms with E-state index in [1.807, 2.05) is 0 Å². The van der Waals surface area contributed by atoms with E-state index in [4.69, 9.17) is 0 Å². The normalized spacial score (nSPS) is 22.5. The molecule has 2 nitrogen and oxygen atoms in total. The Hall–Kier alpha value is -0.660. The standard InChI is InChI=1S/C15H27NO/c17-15-12-10-8-6-4-2-1-3-5-7-9-11-13-16-14-15/h14H,1-13H2. The van der Waals surface area contributed by atoms with Crippen molar-refractivity contribution < 1.29 is 4.79 Å². The molecule has 1 heterocycles. The van der Waals surface area contributed by atoms with E-state index in [1.54, 1.807) is 6.21 Å². The first-order valence-electron chi connectivity index (χ1n) is 7.42. The topological polar surface area (TPSA) is 29.4 Å². The second-order valence-corrected chi connectivity index (χ2v) is 5.14. The Bertz CT molecular complexity index is 223. The number of carbonyl (C=O) groups is 1. The van der Waals surface area contributed by atoms with Gasteiger partial charge in [0, 0.05) is 13.0 Å².